The minimum absolute atomic E-state index is 0.792. The van der Waals surface area contributed by atoms with Gasteiger partial charge in [0.1, 0.15) is 0 Å². The second kappa shape index (κ2) is 4.80. The van der Waals surface area contributed by atoms with Crippen LogP contribution in [0.3, 0.4) is 0 Å². The third kappa shape index (κ3) is 2.45. The number of anilines is 1. The number of nitrogens with zero attached hydrogens (tertiary/aromatic N) is 1. The Morgan fingerprint density at radius 1 is 0.941 bits per heavy atom. The fraction of sp³-hybridized carbons (Fsp3) is 0.200. The monoisotopic (exact) mass is 245 g/mol. The summed E-state index contributed by atoms with van der Waals surface area (Å²) in [5.41, 5.74) is 4.65. The van der Waals surface area contributed by atoms with Crippen LogP contribution in [-0.2, 0) is 0 Å². The van der Waals surface area contributed by atoms with Crippen LogP contribution in [0.5, 0.6) is 0 Å². The van der Waals surface area contributed by atoms with Gasteiger partial charge in [-0.05, 0) is 24.6 Å². The van der Waals surface area contributed by atoms with Crippen LogP contribution in [0.1, 0.15) is 5.56 Å². The highest BCUT2D eigenvalue weighted by atomic mass is 35.5. The molecule has 2 aromatic carbocycles. The lowest BCUT2D eigenvalue weighted by Crippen LogP contribution is -2.10. The van der Waals surface area contributed by atoms with Crippen LogP contribution in [0.15, 0.2) is 42.5 Å². The first-order valence-electron chi connectivity index (χ1n) is 5.62. The van der Waals surface area contributed by atoms with Crippen molar-refractivity contribution in [2.75, 3.05) is 19.0 Å². The molecule has 2 aromatic rings. The highest BCUT2D eigenvalue weighted by Gasteiger charge is 2.10. The standard InChI is InChI=1S/C15H16ClN/c1-11-7-9-12(10-8-11)15-13(16)5-4-6-14(15)17(2)3/h4-10H,1-3H3. The number of aryl methyl sites for hydroxylation is 1. The Balaban J connectivity index is 2.61. The lowest BCUT2D eigenvalue weighted by Gasteiger charge is -2.18. The SMILES string of the molecule is Cc1ccc(-c2c(Cl)cccc2N(C)C)cc1. The first kappa shape index (κ1) is 12.0. The van der Waals surface area contributed by atoms with Crippen LogP contribution < -0.4 is 4.90 Å². The van der Waals surface area contributed by atoms with Crippen molar-refractivity contribution in [3.63, 3.8) is 0 Å². The quantitative estimate of drug-likeness (QED) is 0.759. The summed E-state index contributed by atoms with van der Waals surface area (Å²) in [5.74, 6) is 0. The molecule has 0 spiro atoms. The number of benzene rings is 2. The Kier molecular flexibility index (Phi) is 3.39. The molecule has 0 heterocycles. The first-order chi connectivity index (χ1) is 8.09. The second-order valence-corrected chi connectivity index (χ2v) is 4.80. The van der Waals surface area contributed by atoms with E-state index in [0.717, 1.165) is 21.8 Å². The molecule has 0 bridgehead atoms. The third-order valence-corrected chi connectivity index (χ3v) is 3.13. The highest BCUT2D eigenvalue weighted by Crippen LogP contribution is 2.36. The van der Waals surface area contributed by atoms with Gasteiger partial charge in [0.25, 0.3) is 0 Å². The maximum absolute atomic E-state index is 6.32. The zero-order valence-corrected chi connectivity index (χ0v) is 11.1. The zero-order chi connectivity index (χ0) is 12.4. The van der Waals surface area contributed by atoms with E-state index in [1.165, 1.54) is 5.56 Å². The summed E-state index contributed by atoms with van der Waals surface area (Å²) in [5, 5.41) is 0.792. The predicted molar refractivity (Wildman–Crippen MR) is 76.0 cm³/mol. The van der Waals surface area contributed by atoms with E-state index in [-0.39, 0.29) is 0 Å². The van der Waals surface area contributed by atoms with Crippen molar-refractivity contribution in [3.8, 4) is 11.1 Å². The fourth-order valence-corrected chi connectivity index (χ4v) is 2.17. The molecule has 0 aliphatic rings. The summed E-state index contributed by atoms with van der Waals surface area (Å²) in [4.78, 5) is 2.08. The number of hydrogen-bond acceptors (Lipinski definition) is 1. The minimum Gasteiger partial charge on any atom is -0.377 e. The number of halogens is 1. The van der Waals surface area contributed by atoms with Gasteiger partial charge in [-0.3, -0.25) is 0 Å². The average molecular weight is 246 g/mol. The van der Waals surface area contributed by atoms with Crippen molar-refractivity contribution >= 4 is 17.3 Å². The summed E-state index contributed by atoms with van der Waals surface area (Å²) >= 11 is 6.32. The first-order valence-corrected chi connectivity index (χ1v) is 6.00. The molecule has 0 unspecified atom stereocenters. The Hall–Kier alpha value is -1.47. The van der Waals surface area contributed by atoms with Crippen molar-refractivity contribution in [1.29, 1.82) is 0 Å². The summed E-state index contributed by atoms with van der Waals surface area (Å²) in [6, 6.07) is 14.4. The van der Waals surface area contributed by atoms with Crippen LogP contribution in [0.25, 0.3) is 11.1 Å². The molecule has 0 fully saturated rings. The molecule has 0 amide bonds. The van der Waals surface area contributed by atoms with Gasteiger partial charge >= 0.3 is 0 Å². The van der Waals surface area contributed by atoms with Gasteiger partial charge in [0.05, 0.1) is 5.02 Å². The largest absolute Gasteiger partial charge is 0.377 e. The van der Waals surface area contributed by atoms with Gasteiger partial charge in [0.2, 0.25) is 0 Å². The molecule has 2 rings (SSSR count). The Morgan fingerprint density at radius 2 is 1.59 bits per heavy atom. The minimum atomic E-state index is 0.792. The van der Waals surface area contributed by atoms with Gasteiger partial charge < -0.3 is 4.90 Å². The van der Waals surface area contributed by atoms with Gasteiger partial charge in [0, 0.05) is 25.3 Å². The summed E-state index contributed by atoms with van der Waals surface area (Å²) in [6.45, 7) is 2.09. The molecule has 0 saturated heterocycles. The molecule has 0 aliphatic carbocycles. The van der Waals surface area contributed by atoms with Crippen molar-refractivity contribution in [2.24, 2.45) is 0 Å². The average Bonchev–Trinajstić information content (AvgIpc) is 2.30. The summed E-state index contributed by atoms with van der Waals surface area (Å²) in [6.07, 6.45) is 0. The maximum Gasteiger partial charge on any atom is 0.0505 e. The van der Waals surface area contributed by atoms with E-state index in [0.29, 0.717) is 0 Å². The number of rotatable bonds is 2. The molecule has 0 N–H and O–H groups in total. The lowest BCUT2D eigenvalue weighted by atomic mass is 10.0. The van der Waals surface area contributed by atoms with E-state index in [4.69, 9.17) is 11.6 Å². The topological polar surface area (TPSA) is 3.24 Å². The van der Waals surface area contributed by atoms with Crippen molar-refractivity contribution in [2.45, 2.75) is 6.92 Å². The van der Waals surface area contributed by atoms with Gasteiger partial charge in [-0.1, -0.05) is 47.5 Å². The molecule has 0 aromatic heterocycles. The Bertz CT molecular complexity index is 515. The van der Waals surface area contributed by atoms with Crippen molar-refractivity contribution < 1.29 is 0 Å². The molecular weight excluding hydrogens is 230 g/mol. The van der Waals surface area contributed by atoms with E-state index in [9.17, 15) is 0 Å². The van der Waals surface area contributed by atoms with E-state index in [1.54, 1.807) is 0 Å². The highest BCUT2D eigenvalue weighted by molar-refractivity contribution is 6.34. The van der Waals surface area contributed by atoms with Gasteiger partial charge in [-0.25, -0.2) is 0 Å². The molecule has 0 saturated carbocycles. The molecule has 1 nitrogen and oxygen atoms in total. The molecule has 0 aliphatic heterocycles. The van der Waals surface area contributed by atoms with E-state index < -0.39 is 0 Å². The van der Waals surface area contributed by atoms with E-state index in [2.05, 4.69) is 42.2 Å². The second-order valence-electron chi connectivity index (χ2n) is 4.39. The van der Waals surface area contributed by atoms with Gasteiger partial charge in [0.15, 0.2) is 0 Å². The van der Waals surface area contributed by atoms with Crippen LogP contribution >= 0.6 is 11.6 Å². The van der Waals surface area contributed by atoms with Gasteiger partial charge in [-0.2, -0.15) is 0 Å². The molecule has 17 heavy (non-hydrogen) atoms. The lowest BCUT2D eigenvalue weighted by molar-refractivity contribution is 1.13. The van der Waals surface area contributed by atoms with Gasteiger partial charge in [-0.15, -0.1) is 0 Å². The fourth-order valence-electron chi connectivity index (χ4n) is 1.89. The Morgan fingerprint density at radius 3 is 2.18 bits per heavy atom. The Labute approximate surface area is 108 Å². The van der Waals surface area contributed by atoms with Crippen molar-refractivity contribution in [1.82, 2.24) is 0 Å². The third-order valence-electron chi connectivity index (χ3n) is 2.81. The summed E-state index contributed by atoms with van der Waals surface area (Å²) in [7, 11) is 4.06. The molecule has 0 atom stereocenters. The van der Waals surface area contributed by atoms with E-state index in [1.807, 2.05) is 26.2 Å². The molecular formula is C15H16ClN. The van der Waals surface area contributed by atoms with Crippen LogP contribution in [-0.4, -0.2) is 14.1 Å². The summed E-state index contributed by atoms with van der Waals surface area (Å²) < 4.78 is 0. The molecule has 2 heteroatoms. The predicted octanol–water partition coefficient (Wildman–Crippen LogP) is 4.38. The number of hydrogen-bond donors (Lipinski definition) is 0. The van der Waals surface area contributed by atoms with Crippen molar-refractivity contribution in [3.05, 3.63) is 53.1 Å². The van der Waals surface area contributed by atoms with Crippen LogP contribution in [0.2, 0.25) is 5.02 Å². The smallest absolute Gasteiger partial charge is 0.0505 e. The van der Waals surface area contributed by atoms with Crippen LogP contribution in [0.4, 0.5) is 5.69 Å². The molecule has 0 radical (unpaired) electrons. The van der Waals surface area contributed by atoms with Crippen LogP contribution in [0, 0.1) is 6.92 Å². The van der Waals surface area contributed by atoms with E-state index >= 15 is 0 Å². The zero-order valence-electron chi connectivity index (χ0n) is 10.4. The normalized spacial score (nSPS) is 10.4. The molecule has 88 valence electrons. The maximum atomic E-state index is 6.32.